The number of ether oxygens (including phenoxy) is 1. The van der Waals surface area contributed by atoms with E-state index >= 15 is 0 Å². The van der Waals surface area contributed by atoms with E-state index in [1.54, 1.807) is 23.9 Å². The zero-order valence-electron chi connectivity index (χ0n) is 9.15. The molecular weight excluding hydrogens is 227 g/mol. The van der Waals surface area contributed by atoms with Gasteiger partial charge in [-0.25, -0.2) is 4.39 Å². The average Bonchev–Trinajstić information content (AvgIpc) is 2.67. The first-order valence-corrected chi connectivity index (χ1v) is 6.44. The van der Waals surface area contributed by atoms with Crippen molar-refractivity contribution in [2.45, 2.75) is 12.5 Å². The predicted octanol–water partition coefficient (Wildman–Crippen LogP) is 2.10. The number of benzene rings is 1. The lowest BCUT2D eigenvalue weighted by Gasteiger charge is -2.14. The maximum atomic E-state index is 13.6. The first kappa shape index (κ1) is 11.7. The van der Waals surface area contributed by atoms with Gasteiger partial charge in [0.25, 0.3) is 0 Å². The number of halogens is 1. The van der Waals surface area contributed by atoms with Crippen molar-refractivity contribution in [2.24, 2.45) is 5.92 Å². The fourth-order valence-electron chi connectivity index (χ4n) is 1.89. The summed E-state index contributed by atoms with van der Waals surface area (Å²) in [5, 5.41) is 9.67. The van der Waals surface area contributed by atoms with E-state index in [2.05, 4.69) is 0 Å². The molecule has 2 rings (SSSR count). The lowest BCUT2D eigenvalue weighted by Crippen LogP contribution is -2.20. The summed E-state index contributed by atoms with van der Waals surface area (Å²) in [5.41, 5.74) is 0.660. The molecule has 4 heteroatoms. The van der Waals surface area contributed by atoms with E-state index in [1.165, 1.54) is 13.2 Å². The standard InChI is InChI=1S/C12H15FO2S/c1-15-10-3-2-8(11(13)5-10)4-9-6-16-7-12(9)14/h2-3,5,9,12,14H,4,6-7H2,1H3. The molecule has 0 bridgehead atoms. The maximum Gasteiger partial charge on any atom is 0.130 e. The van der Waals surface area contributed by atoms with Crippen LogP contribution in [0.4, 0.5) is 4.39 Å². The molecule has 0 radical (unpaired) electrons. The van der Waals surface area contributed by atoms with E-state index in [-0.39, 0.29) is 17.8 Å². The lowest BCUT2D eigenvalue weighted by molar-refractivity contribution is 0.149. The van der Waals surface area contributed by atoms with Crippen molar-refractivity contribution in [3.63, 3.8) is 0 Å². The Balaban J connectivity index is 2.09. The SMILES string of the molecule is COc1ccc(CC2CSCC2O)c(F)c1. The van der Waals surface area contributed by atoms with Crippen LogP contribution in [-0.4, -0.2) is 29.8 Å². The van der Waals surface area contributed by atoms with Gasteiger partial charge in [-0.15, -0.1) is 0 Å². The van der Waals surface area contributed by atoms with Crippen LogP contribution >= 0.6 is 11.8 Å². The van der Waals surface area contributed by atoms with Gasteiger partial charge in [0.2, 0.25) is 0 Å². The molecule has 1 aromatic rings. The quantitative estimate of drug-likeness (QED) is 0.880. The van der Waals surface area contributed by atoms with E-state index in [0.717, 1.165) is 11.5 Å². The van der Waals surface area contributed by atoms with Crippen LogP contribution in [0, 0.1) is 11.7 Å². The van der Waals surface area contributed by atoms with E-state index in [4.69, 9.17) is 4.74 Å². The molecule has 0 spiro atoms. The third-order valence-electron chi connectivity index (χ3n) is 2.91. The molecule has 1 aliphatic heterocycles. The van der Waals surface area contributed by atoms with E-state index < -0.39 is 0 Å². The summed E-state index contributed by atoms with van der Waals surface area (Å²) < 4.78 is 18.6. The molecule has 1 fully saturated rings. The second kappa shape index (κ2) is 5.06. The summed E-state index contributed by atoms with van der Waals surface area (Å²) >= 11 is 1.73. The van der Waals surface area contributed by atoms with Gasteiger partial charge in [-0.3, -0.25) is 0 Å². The number of rotatable bonds is 3. The third-order valence-corrected chi connectivity index (χ3v) is 4.15. The van der Waals surface area contributed by atoms with Crippen LogP contribution in [0.15, 0.2) is 18.2 Å². The highest BCUT2D eigenvalue weighted by Gasteiger charge is 2.26. The van der Waals surface area contributed by atoms with Crippen LogP contribution in [0.1, 0.15) is 5.56 Å². The highest BCUT2D eigenvalue weighted by Crippen LogP contribution is 2.28. The van der Waals surface area contributed by atoms with Gasteiger partial charge in [0, 0.05) is 11.8 Å². The van der Waals surface area contributed by atoms with Crippen molar-refractivity contribution in [3.05, 3.63) is 29.6 Å². The number of aliphatic hydroxyl groups excluding tert-OH is 1. The Morgan fingerprint density at radius 2 is 2.31 bits per heavy atom. The fraction of sp³-hybridized carbons (Fsp3) is 0.500. The zero-order chi connectivity index (χ0) is 11.5. The number of methoxy groups -OCH3 is 1. The monoisotopic (exact) mass is 242 g/mol. The van der Waals surface area contributed by atoms with Gasteiger partial charge >= 0.3 is 0 Å². The van der Waals surface area contributed by atoms with Crippen LogP contribution in [0.5, 0.6) is 5.75 Å². The van der Waals surface area contributed by atoms with Gasteiger partial charge in [-0.2, -0.15) is 11.8 Å². The van der Waals surface area contributed by atoms with Crippen molar-refractivity contribution in [1.29, 1.82) is 0 Å². The first-order valence-electron chi connectivity index (χ1n) is 5.29. The Morgan fingerprint density at radius 3 is 2.88 bits per heavy atom. The van der Waals surface area contributed by atoms with Crippen LogP contribution < -0.4 is 4.74 Å². The molecule has 1 N–H and O–H groups in total. The molecule has 0 saturated carbocycles. The minimum Gasteiger partial charge on any atom is -0.497 e. The minimum absolute atomic E-state index is 0.174. The van der Waals surface area contributed by atoms with Crippen LogP contribution in [0.3, 0.4) is 0 Å². The second-order valence-electron chi connectivity index (χ2n) is 4.03. The number of hydrogen-bond donors (Lipinski definition) is 1. The van der Waals surface area contributed by atoms with Gasteiger partial charge in [0.1, 0.15) is 11.6 Å². The second-order valence-corrected chi connectivity index (χ2v) is 5.10. The molecule has 2 atom stereocenters. The molecule has 2 unspecified atom stereocenters. The minimum atomic E-state index is -0.300. The molecule has 2 nitrogen and oxygen atoms in total. The van der Waals surface area contributed by atoms with Crippen molar-refractivity contribution in [3.8, 4) is 5.75 Å². The first-order chi connectivity index (χ1) is 7.70. The van der Waals surface area contributed by atoms with Crippen LogP contribution in [0.25, 0.3) is 0 Å². The third kappa shape index (κ3) is 2.50. The Labute approximate surface area is 98.8 Å². The van der Waals surface area contributed by atoms with Gasteiger partial charge in [-0.1, -0.05) is 6.07 Å². The molecule has 1 aliphatic rings. The van der Waals surface area contributed by atoms with E-state index in [1.807, 2.05) is 0 Å². The normalized spacial score (nSPS) is 24.7. The van der Waals surface area contributed by atoms with E-state index in [0.29, 0.717) is 17.7 Å². The number of aliphatic hydroxyl groups is 1. The van der Waals surface area contributed by atoms with Gasteiger partial charge in [-0.05, 0) is 29.7 Å². The van der Waals surface area contributed by atoms with Crippen molar-refractivity contribution >= 4 is 11.8 Å². The summed E-state index contributed by atoms with van der Waals surface area (Å²) in [4.78, 5) is 0. The number of thioether (sulfide) groups is 1. The summed E-state index contributed by atoms with van der Waals surface area (Å²) in [7, 11) is 1.52. The van der Waals surface area contributed by atoms with Gasteiger partial charge in [0.15, 0.2) is 0 Å². The van der Waals surface area contributed by atoms with Gasteiger partial charge in [0.05, 0.1) is 13.2 Å². The Kier molecular flexibility index (Phi) is 3.71. The zero-order valence-corrected chi connectivity index (χ0v) is 9.97. The molecule has 1 heterocycles. The fourth-order valence-corrected chi connectivity index (χ4v) is 3.18. The predicted molar refractivity (Wildman–Crippen MR) is 63.5 cm³/mol. The average molecular weight is 242 g/mol. The summed E-state index contributed by atoms with van der Waals surface area (Å²) in [6.45, 7) is 0. The number of hydrogen-bond acceptors (Lipinski definition) is 3. The molecule has 0 amide bonds. The summed E-state index contributed by atoms with van der Waals surface area (Å²) in [6, 6.07) is 4.89. The Morgan fingerprint density at radius 1 is 1.50 bits per heavy atom. The Hall–Kier alpha value is -0.740. The molecule has 0 aromatic heterocycles. The summed E-state index contributed by atoms with van der Waals surface area (Å²) in [5.74, 6) is 2.13. The highest BCUT2D eigenvalue weighted by molar-refractivity contribution is 7.99. The molecule has 1 aromatic carbocycles. The molecule has 16 heavy (non-hydrogen) atoms. The molecular formula is C12H15FO2S. The van der Waals surface area contributed by atoms with Crippen LogP contribution in [-0.2, 0) is 6.42 Å². The molecule has 0 aliphatic carbocycles. The highest BCUT2D eigenvalue weighted by atomic mass is 32.2. The lowest BCUT2D eigenvalue weighted by atomic mass is 9.96. The van der Waals surface area contributed by atoms with E-state index in [9.17, 15) is 9.50 Å². The molecule has 88 valence electrons. The van der Waals surface area contributed by atoms with Crippen molar-refractivity contribution in [2.75, 3.05) is 18.6 Å². The van der Waals surface area contributed by atoms with Crippen molar-refractivity contribution in [1.82, 2.24) is 0 Å². The Bertz CT molecular complexity index is 370. The van der Waals surface area contributed by atoms with Gasteiger partial charge < -0.3 is 9.84 Å². The van der Waals surface area contributed by atoms with Crippen LogP contribution in [0.2, 0.25) is 0 Å². The smallest absolute Gasteiger partial charge is 0.130 e. The maximum absolute atomic E-state index is 13.6. The molecule has 1 saturated heterocycles. The van der Waals surface area contributed by atoms with Crippen molar-refractivity contribution < 1.29 is 14.2 Å². The largest absolute Gasteiger partial charge is 0.497 e. The summed E-state index contributed by atoms with van der Waals surface area (Å²) in [6.07, 6.45) is 0.302. The topological polar surface area (TPSA) is 29.5 Å².